The smallest absolute Gasteiger partial charge is 0.255 e. The first-order chi connectivity index (χ1) is 9.67. The summed E-state index contributed by atoms with van der Waals surface area (Å²) >= 11 is 0. The molecule has 2 fully saturated rings. The van der Waals surface area contributed by atoms with Crippen molar-refractivity contribution >= 4 is 0 Å². The second-order valence-electron chi connectivity index (χ2n) is 5.93. The second kappa shape index (κ2) is 5.79. The summed E-state index contributed by atoms with van der Waals surface area (Å²) in [5, 5.41) is 4.00. The van der Waals surface area contributed by atoms with Crippen LogP contribution < -0.4 is 5.73 Å². The molecule has 0 aromatic carbocycles. The number of aromatic nitrogens is 2. The van der Waals surface area contributed by atoms with Gasteiger partial charge in [0.1, 0.15) is 6.10 Å². The Morgan fingerprint density at radius 2 is 2.25 bits per heavy atom. The predicted octanol–water partition coefficient (Wildman–Crippen LogP) is 2.05. The van der Waals surface area contributed by atoms with Gasteiger partial charge in [-0.2, -0.15) is 4.98 Å². The molecule has 0 radical (unpaired) electrons. The van der Waals surface area contributed by atoms with Crippen molar-refractivity contribution in [3.05, 3.63) is 11.7 Å². The van der Waals surface area contributed by atoms with E-state index in [1.807, 2.05) is 6.92 Å². The molecule has 0 amide bonds. The third-order valence-corrected chi connectivity index (χ3v) is 4.29. The molecule has 1 aliphatic heterocycles. The Morgan fingerprint density at radius 1 is 1.40 bits per heavy atom. The summed E-state index contributed by atoms with van der Waals surface area (Å²) in [7, 11) is 0. The van der Waals surface area contributed by atoms with Gasteiger partial charge in [-0.05, 0) is 45.4 Å². The number of hydrogen-bond donors (Lipinski definition) is 1. The average Bonchev–Trinajstić information content (AvgIpc) is 2.93. The summed E-state index contributed by atoms with van der Waals surface area (Å²) < 4.78 is 16.7. The number of hydrogen-bond acceptors (Lipinski definition) is 6. The van der Waals surface area contributed by atoms with Gasteiger partial charge < -0.3 is 19.7 Å². The SMILES string of the molecule is CC(OCC1CCCCO1)c1nc(C2(N)CCC2)no1. The predicted molar refractivity (Wildman–Crippen MR) is 72.0 cm³/mol. The van der Waals surface area contributed by atoms with E-state index in [1.165, 1.54) is 6.42 Å². The van der Waals surface area contributed by atoms with Gasteiger partial charge in [0.05, 0.1) is 18.2 Å². The maximum absolute atomic E-state index is 6.18. The van der Waals surface area contributed by atoms with E-state index in [0.717, 1.165) is 38.7 Å². The fourth-order valence-corrected chi connectivity index (χ4v) is 2.65. The van der Waals surface area contributed by atoms with Crippen molar-refractivity contribution in [3.63, 3.8) is 0 Å². The molecule has 6 nitrogen and oxygen atoms in total. The molecule has 1 aromatic rings. The molecule has 3 rings (SSSR count). The zero-order valence-electron chi connectivity index (χ0n) is 12.0. The molecular formula is C14H23N3O3. The van der Waals surface area contributed by atoms with Crippen LogP contribution in [0.1, 0.15) is 63.3 Å². The summed E-state index contributed by atoms with van der Waals surface area (Å²) in [6.45, 7) is 3.33. The molecule has 2 N–H and O–H groups in total. The van der Waals surface area contributed by atoms with E-state index in [-0.39, 0.29) is 17.7 Å². The minimum absolute atomic E-state index is 0.195. The molecule has 2 heterocycles. The highest BCUT2D eigenvalue weighted by Crippen LogP contribution is 2.37. The molecule has 1 aliphatic carbocycles. The lowest BCUT2D eigenvalue weighted by atomic mass is 9.77. The summed E-state index contributed by atoms with van der Waals surface area (Å²) in [6.07, 6.45) is 6.39. The fourth-order valence-electron chi connectivity index (χ4n) is 2.65. The van der Waals surface area contributed by atoms with Crippen molar-refractivity contribution in [3.8, 4) is 0 Å². The molecule has 1 saturated heterocycles. The quantitative estimate of drug-likeness (QED) is 0.889. The van der Waals surface area contributed by atoms with Gasteiger partial charge in [0.25, 0.3) is 5.89 Å². The number of ether oxygens (including phenoxy) is 2. The Hall–Kier alpha value is -0.980. The van der Waals surface area contributed by atoms with Gasteiger partial charge in [0.2, 0.25) is 0 Å². The van der Waals surface area contributed by atoms with E-state index in [2.05, 4.69) is 10.1 Å². The van der Waals surface area contributed by atoms with Crippen molar-refractivity contribution in [1.29, 1.82) is 0 Å². The summed E-state index contributed by atoms with van der Waals surface area (Å²) in [6, 6.07) is 0. The minimum Gasteiger partial charge on any atom is -0.376 e. The van der Waals surface area contributed by atoms with Gasteiger partial charge in [-0.15, -0.1) is 0 Å². The maximum Gasteiger partial charge on any atom is 0.255 e. The van der Waals surface area contributed by atoms with Gasteiger partial charge in [-0.3, -0.25) is 0 Å². The molecule has 0 spiro atoms. The summed E-state index contributed by atoms with van der Waals surface area (Å²) in [5.74, 6) is 1.12. The largest absolute Gasteiger partial charge is 0.376 e. The summed E-state index contributed by atoms with van der Waals surface area (Å²) in [5.41, 5.74) is 5.80. The molecule has 2 aliphatic rings. The van der Waals surface area contributed by atoms with Gasteiger partial charge in [0, 0.05) is 6.61 Å². The van der Waals surface area contributed by atoms with E-state index < -0.39 is 0 Å². The van der Waals surface area contributed by atoms with E-state index in [4.69, 9.17) is 19.7 Å². The Bertz CT molecular complexity index is 439. The molecular weight excluding hydrogens is 258 g/mol. The van der Waals surface area contributed by atoms with Crippen LogP contribution in [0.15, 0.2) is 4.52 Å². The van der Waals surface area contributed by atoms with Gasteiger partial charge in [0.15, 0.2) is 5.82 Å². The zero-order valence-corrected chi connectivity index (χ0v) is 12.0. The third-order valence-electron chi connectivity index (χ3n) is 4.29. The highest BCUT2D eigenvalue weighted by atomic mass is 16.6. The normalized spacial score (nSPS) is 27.0. The lowest BCUT2D eigenvalue weighted by Crippen LogP contribution is -2.44. The van der Waals surface area contributed by atoms with E-state index in [9.17, 15) is 0 Å². The van der Waals surface area contributed by atoms with Crippen LogP contribution in [0.4, 0.5) is 0 Å². The Morgan fingerprint density at radius 3 is 2.90 bits per heavy atom. The molecule has 2 atom stereocenters. The van der Waals surface area contributed by atoms with Gasteiger partial charge >= 0.3 is 0 Å². The van der Waals surface area contributed by atoms with Crippen LogP contribution in [-0.4, -0.2) is 29.5 Å². The Balaban J connectivity index is 1.53. The Labute approximate surface area is 119 Å². The lowest BCUT2D eigenvalue weighted by molar-refractivity contribution is -0.0656. The maximum atomic E-state index is 6.18. The first kappa shape index (κ1) is 14.0. The van der Waals surface area contributed by atoms with Crippen LogP contribution in [0, 0.1) is 0 Å². The topological polar surface area (TPSA) is 83.4 Å². The average molecular weight is 281 g/mol. The van der Waals surface area contributed by atoms with Crippen LogP contribution in [0.25, 0.3) is 0 Å². The molecule has 20 heavy (non-hydrogen) atoms. The Kier molecular flexibility index (Phi) is 4.05. The van der Waals surface area contributed by atoms with Crippen LogP contribution in [0.3, 0.4) is 0 Å². The zero-order chi connectivity index (χ0) is 14.0. The van der Waals surface area contributed by atoms with Crippen LogP contribution in [0.5, 0.6) is 0 Å². The van der Waals surface area contributed by atoms with Crippen molar-refractivity contribution in [2.45, 2.75) is 63.2 Å². The molecule has 2 unspecified atom stereocenters. The standard InChI is InChI=1S/C14H23N3O3/c1-10(19-9-11-5-2-3-8-18-11)12-16-13(17-20-12)14(15)6-4-7-14/h10-11H,2-9,15H2,1H3. The van der Waals surface area contributed by atoms with Crippen LogP contribution in [-0.2, 0) is 15.0 Å². The van der Waals surface area contributed by atoms with Crippen LogP contribution >= 0.6 is 0 Å². The lowest BCUT2D eigenvalue weighted by Gasteiger charge is -2.34. The first-order valence-corrected chi connectivity index (χ1v) is 7.53. The molecule has 0 bridgehead atoms. The minimum atomic E-state index is -0.381. The monoisotopic (exact) mass is 281 g/mol. The molecule has 1 aromatic heterocycles. The fraction of sp³-hybridized carbons (Fsp3) is 0.857. The number of nitrogens with two attached hydrogens (primary N) is 1. The number of rotatable bonds is 5. The highest BCUT2D eigenvalue weighted by Gasteiger charge is 2.39. The third kappa shape index (κ3) is 2.87. The van der Waals surface area contributed by atoms with Crippen molar-refractivity contribution in [2.24, 2.45) is 5.73 Å². The van der Waals surface area contributed by atoms with Gasteiger partial charge in [-0.1, -0.05) is 5.16 Å². The molecule has 6 heteroatoms. The van der Waals surface area contributed by atoms with Crippen molar-refractivity contribution in [2.75, 3.05) is 13.2 Å². The number of nitrogens with zero attached hydrogens (tertiary/aromatic N) is 2. The summed E-state index contributed by atoms with van der Waals surface area (Å²) in [4.78, 5) is 4.40. The molecule has 1 saturated carbocycles. The van der Waals surface area contributed by atoms with Crippen molar-refractivity contribution in [1.82, 2.24) is 10.1 Å². The second-order valence-corrected chi connectivity index (χ2v) is 5.93. The highest BCUT2D eigenvalue weighted by molar-refractivity contribution is 5.09. The van der Waals surface area contributed by atoms with Crippen LogP contribution in [0.2, 0.25) is 0 Å². The molecule has 112 valence electrons. The van der Waals surface area contributed by atoms with Crippen molar-refractivity contribution < 1.29 is 14.0 Å². The van der Waals surface area contributed by atoms with E-state index >= 15 is 0 Å². The van der Waals surface area contributed by atoms with E-state index in [1.54, 1.807) is 0 Å². The van der Waals surface area contributed by atoms with E-state index in [0.29, 0.717) is 18.3 Å². The first-order valence-electron chi connectivity index (χ1n) is 7.53. The van der Waals surface area contributed by atoms with Gasteiger partial charge in [-0.25, -0.2) is 0 Å².